The quantitative estimate of drug-likeness (QED) is 0.138. The van der Waals surface area contributed by atoms with E-state index in [-0.39, 0.29) is 35.1 Å². The molecule has 0 radical (unpaired) electrons. The molecule has 0 aliphatic carbocycles. The van der Waals surface area contributed by atoms with E-state index in [4.69, 9.17) is 9.15 Å². The molecule has 0 atom stereocenters. The van der Waals surface area contributed by atoms with Crippen LogP contribution in [0.2, 0.25) is 0 Å². The fraction of sp³-hybridized carbons (Fsp3) is 0.130. The Labute approximate surface area is 207 Å². The summed E-state index contributed by atoms with van der Waals surface area (Å²) in [4.78, 5) is 35.5. The molecule has 2 aromatic carbocycles. The number of amides is 1. The third-order valence-electron chi connectivity index (χ3n) is 4.67. The molecule has 0 saturated carbocycles. The van der Waals surface area contributed by atoms with E-state index in [0.29, 0.717) is 21.7 Å². The van der Waals surface area contributed by atoms with Gasteiger partial charge in [-0.15, -0.1) is 21.5 Å². The van der Waals surface area contributed by atoms with Crippen LogP contribution in [0.5, 0.6) is 0 Å². The van der Waals surface area contributed by atoms with Crippen molar-refractivity contribution in [1.82, 2.24) is 10.2 Å². The average molecular weight is 511 g/mol. The normalized spacial score (nSPS) is 10.7. The van der Waals surface area contributed by atoms with Crippen LogP contribution in [0.15, 0.2) is 69.6 Å². The summed E-state index contributed by atoms with van der Waals surface area (Å²) in [7, 11) is 0. The minimum absolute atomic E-state index is 0.0390. The number of nitro benzene ring substituents is 1. The van der Waals surface area contributed by atoms with Gasteiger partial charge in [0.25, 0.3) is 10.9 Å². The smallest absolute Gasteiger partial charge is 0.341 e. The molecule has 178 valence electrons. The number of hydrogen-bond donors (Lipinski definition) is 1. The van der Waals surface area contributed by atoms with Crippen molar-refractivity contribution >= 4 is 45.7 Å². The highest BCUT2D eigenvalue weighted by atomic mass is 32.2. The SMILES string of the molecule is CCOC(=O)c1c(-c2ccccc2)csc1NC(=O)CSc1nnc(-c2ccc([N+](=O)[O-])cc2)o1. The van der Waals surface area contributed by atoms with Gasteiger partial charge >= 0.3 is 5.97 Å². The van der Waals surface area contributed by atoms with Gasteiger partial charge in [0, 0.05) is 28.6 Å². The molecular weight excluding hydrogens is 492 g/mol. The summed E-state index contributed by atoms with van der Waals surface area (Å²) < 4.78 is 10.8. The van der Waals surface area contributed by atoms with Crippen LogP contribution in [0.25, 0.3) is 22.6 Å². The van der Waals surface area contributed by atoms with Crippen molar-refractivity contribution < 1.29 is 23.7 Å². The highest BCUT2D eigenvalue weighted by Gasteiger charge is 2.23. The number of nitro groups is 1. The van der Waals surface area contributed by atoms with E-state index in [1.807, 2.05) is 30.3 Å². The summed E-state index contributed by atoms with van der Waals surface area (Å²) in [6.45, 7) is 1.93. The topological polar surface area (TPSA) is 137 Å². The number of thiophene rings is 1. The molecule has 0 fully saturated rings. The summed E-state index contributed by atoms with van der Waals surface area (Å²) in [6.07, 6.45) is 0. The van der Waals surface area contributed by atoms with Crippen LogP contribution in [0.1, 0.15) is 17.3 Å². The van der Waals surface area contributed by atoms with Gasteiger partial charge < -0.3 is 14.5 Å². The van der Waals surface area contributed by atoms with Crippen molar-refractivity contribution in [2.45, 2.75) is 12.1 Å². The van der Waals surface area contributed by atoms with E-state index in [0.717, 1.165) is 17.3 Å². The number of nitrogens with one attached hydrogen (secondary N) is 1. The van der Waals surface area contributed by atoms with Crippen molar-refractivity contribution in [2.75, 3.05) is 17.7 Å². The van der Waals surface area contributed by atoms with Gasteiger partial charge in [-0.1, -0.05) is 42.1 Å². The number of hydrogen-bond acceptors (Lipinski definition) is 10. The van der Waals surface area contributed by atoms with E-state index in [2.05, 4.69) is 15.5 Å². The second-order valence-corrected chi connectivity index (χ2v) is 8.76. The fourth-order valence-electron chi connectivity index (χ4n) is 3.09. The first kappa shape index (κ1) is 24.1. The van der Waals surface area contributed by atoms with Crippen LogP contribution in [0.3, 0.4) is 0 Å². The van der Waals surface area contributed by atoms with Crippen LogP contribution in [0, 0.1) is 10.1 Å². The molecule has 0 bridgehead atoms. The summed E-state index contributed by atoms with van der Waals surface area (Å²) >= 11 is 2.27. The van der Waals surface area contributed by atoms with E-state index >= 15 is 0 Å². The summed E-state index contributed by atoms with van der Waals surface area (Å²) in [5.41, 5.74) is 2.30. The Hall–Kier alpha value is -4.03. The zero-order valence-electron chi connectivity index (χ0n) is 18.3. The van der Waals surface area contributed by atoms with Crippen LogP contribution < -0.4 is 5.32 Å². The Kier molecular flexibility index (Phi) is 7.53. The van der Waals surface area contributed by atoms with Gasteiger partial charge in [-0.25, -0.2) is 4.79 Å². The van der Waals surface area contributed by atoms with Gasteiger partial charge in [-0.2, -0.15) is 0 Å². The standard InChI is InChI=1S/C23H18N4O6S2/c1-2-32-22(29)19-17(14-6-4-3-5-7-14)12-34-21(19)24-18(28)13-35-23-26-25-20(33-23)15-8-10-16(11-9-15)27(30)31/h3-12H,2,13H2,1H3,(H,24,28). The largest absolute Gasteiger partial charge is 0.462 e. The van der Waals surface area contributed by atoms with Crippen molar-refractivity contribution in [1.29, 1.82) is 0 Å². The van der Waals surface area contributed by atoms with Crippen molar-refractivity contribution in [3.8, 4) is 22.6 Å². The van der Waals surface area contributed by atoms with Gasteiger partial charge in [0.2, 0.25) is 11.8 Å². The molecule has 0 spiro atoms. The van der Waals surface area contributed by atoms with E-state index < -0.39 is 10.9 Å². The highest BCUT2D eigenvalue weighted by Crippen LogP contribution is 2.36. The number of esters is 1. The zero-order valence-corrected chi connectivity index (χ0v) is 19.9. The lowest BCUT2D eigenvalue weighted by Gasteiger charge is -2.08. The lowest BCUT2D eigenvalue weighted by Crippen LogP contribution is -2.16. The van der Waals surface area contributed by atoms with Gasteiger partial charge in [-0.05, 0) is 24.6 Å². The molecule has 2 heterocycles. The third-order valence-corrected chi connectivity index (χ3v) is 6.38. The van der Waals surface area contributed by atoms with Crippen LogP contribution in [0.4, 0.5) is 10.7 Å². The molecule has 4 aromatic rings. The van der Waals surface area contributed by atoms with E-state index in [1.165, 1.54) is 35.6 Å². The van der Waals surface area contributed by atoms with Crippen LogP contribution >= 0.6 is 23.1 Å². The predicted molar refractivity (Wildman–Crippen MR) is 131 cm³/mol. The Morgan fingerprint density at radius 3 is 2.54 bits per heavy atom. The number of aromatic nitrogens is 2. The summed E-state index contributed by atoms with van der Waals surface area (Å²) in [6, 6.07) is 15.1. The predicted octanol–water partition coefficient (Wildman–Crippen LogP) is 5.28. The zero-order chi connectivity index (χ0) is 24.8. The minimum Gasteiger partial charge on any atom is -0.462 e. The molecule has 2 aromatic heterocycles. The molecule has 4 rings (SSSR count). The molecule has 10 nitrogen and oxygen atoms in total. The molecular formula is C23H18N4O6S2. The molecule has 0 aliphatic heterocycles. The van der Waals surface area contributed by atoms with Gasteiger partial charge in [0.1, 0.15) is 10.6 Å². The van der Waals surface area contributed by atoms with Crippen molar-refractivity contribution in [3.05, 3.63) is 75.7 Å². The van der Waals surface area contributed by atoms with E-state index in [9.17, 15) is 19.7 Å². The lowest BCUT2D eigenvalue weighted by molar-refractivity contribution is -0.384. The highest BCUT2D eigenvalue weighted by molar-refractivity contribution is 7.99. The Morgan fingerprint density at radius 2 is 1.86 bits per heavy atom. The number of carbonyl (C=O) groups excluding carboxylic acids is 2. The van der Waals surface area contributed by atoms with Crippen molar-refractivity contribution in [3.63, 3.8) is 0 Å². The van der Waals surface area contributed by atoms with Gasteiger partial charge in [-0.3, -0.25) is 14.9 Å². The molecule has 1 N–H and O–H groups in total. The first-order chi connectivity index (χ1) is 17.0. The average Bonchev–Trinajstić information content (AvgIpc) is 3.51. The maximum atomic E-state index is 12.6. The van der Waals surface area contributed by atoms with Crippen LogP contribution in [-0.2, 0) is 9.53 Å². The molecule has 0 unspecified atom stereocenters. The fourth-order valence-corrected chi connectivity index (χ4v) is 4.62. The lowest BCUT2D eigenvalue weighted by atomic mass is 10.0. The maximum Gasteiger partial charge on any atom is 0.341 e. The number of non-ortho nitro benzene ring substituents is 1. The minimum atomic E-state index is -0.514. The first-order valence-electron chi connectivity index (χ1n) is 10.3. The van der Waals surface area contributed by atoms with Crippen molar-refractivity contribution in [2.24, 2.45) is 0 Å². The monoisotopic (exact) mass is 510 g/mol. The van der Waals surface area contributed by atoms with E-state index in [1.54, 1.807) is 12.3 Å². The molecule has 1 amide bonds. The van der Waals surface area contributed by atoms with Gasteiger partial charge in [0.05, 0.1) is 17.3 Å². The Balaban J connectivity index is 1.43. The Morgan fingerprint density at radius 1 is 1.11 bits per heavy atom. The number of carbonyl (C=O) groups is 2. The summed E-state index contributed by atoms with van der Waals surface area (Å²) in [5, 5.41) is 23.7. The van der Waals surface area contributed by atoms with Crippen LogP contribution in [-0.4, -0.2) is 39.4 Å². The molecule has 0 saturated heterocycles. The first-order valence-corrected chi connectivity index (χ1v) is 12.2. The number of rotatable bonds is 9. The Bertz CT molecular complexity index is 1350. The molecule has 35 heavy (non-hydrogen) atoms. The second kappa shape index (κ2) is 10.9. The number of thioether (sulfide) groups is 1. The number of ether oxygens (including phenoxy) is 1. The second-order valence-electron chi connectivity index (χ2n) is 6.95. The molecule has 12 heteroatoms. The molecule has 0 aliphatic rings. The van der Waals surface area contributed by atoms with Gasteiger partial charge in [0.15, 0.2) is 0 Å². The summed E-state index contributed by atoms with van der Waals surface area (Å²) in [5.74, 6) is -0.738. The maximum absolute atomic E-state index is 12.6. The third kappa shape index (κ3) is 5.73. The number of nitrogens with zero attached hydrogens (tertiary/aromatic N) is 3. The number of anilines is 1. The number of benzene rings is 2.